The van der Waals surface area contributed by atoms with Crippen LogP contribution in [0.25, 0.3) is 10.9 Å². The summed E-state index contributed by atoms with van der Waals surface area (Å²) in [5.41, 5.74) is 0.942. The van der Waals surface area contributed by atoms with Crippen LogP contribution >= 0.6 is 11.6 Å². The molecular weight excluding hydrogens is 248 g/mol. The fraction of sp³-hybridized carbons (Fsp3) is 0.357. The average Bonchev–Trinajstić information content (AvgIpc) is 2.38. The molecule has 1 fully saturated rings. The molecule has 1 aromatic heterocycles. The van der Waals surface area contributed by atoms with E-state index >= 15 is 0 Å². The maximum atomic E-state index is 9.70. The lowest BCUT2D eigenvalue weighted by molar-refractivity contribution is 0.154. The highest BCUT2D eigenvalue weighted by molar-refractivity contribution is 6.31. The van der Waals surface area contributed by atoms with E-state index in [-0.39, 0.29) is 6.10 Å². The molecule has 2 heterocycles. The van der Waals surface area contributed by atoms with Crippen LogP contribution in [0.4, 0.5) is 5.82 Å². The monoisotopic (exact) mass is 262 g/mol. The minimum absolute atomic E-state index is 0.235. The van der Waals surface area contributed by atoms with Crippen molar-refractivity contribution in [3.63, 3.8) is 0 Å². The Morgan fingerprint density at radius 1 is 1.28 bits per heavy atom. The number of pyridine rings is 1. The van der Waals surface area contributed by atoms with Crippen molar-refractivity contribution in [3.05, 3.63) is 35.4 Å². The zero-order chi connectivity index (χ0) is 12.5. The quantitative estimate of drug-likeness (QED) is 0.859. The van der Waals surface area contributed by atoms with Crippen molar-refractivity contribution in [3.8, 4) is 0 Å². The maximum absolute atomic E-state index is 9.70. The predicted octanol–water partition coefficient (Wildman–Crippen LogP) is 2.85. The molecule has 1 aromatic carbocycles. The Morgan fingerprint density at radius 2 is 2.17 bits per heavy atom. The Kier molecular flexibility index (Phi) is 3.10. The number of β-amino-alcohol motifs (C(OH)–C–C–N with tert-alkyl or cyclic N) is 1. The van der Waals surface area contributed by atoms with Gasteiger partial charge in [-0.05, 0) is 43.2 Å². The average molecular weight is 263 g/mol. The van der Waals surface area contributed by atoms with Crippen LogP contribution in [0.3, 0.4) is 0 Å². The van der Waals surface area contributed by atoms with Crippen molar-refractivity contribution < 1.29 is 5.11 Å². The van der Waals surface area contributed by atoms with Crippen molar-refractivity contribution in [1.82, 2.24) is 4.98 Å². The minimum atomic E-state index is -0.235. The first kappa shape index (κ1) is 11.8. The minimum Gasteiger partial charge on any atom is -0.391 e. The number of aliphatic hydroxyl groups excluding tert-OH is 1. The van der Waals surface area contributed by atoms with E-state index < -0.39 is 0 Å². The molecule has 0 bridgehead atoms. The summed E-state index contributed by atoms with van der Waals surface area (Å²) >= 11 is 5.96. The van der Waals surface area contributed by atoms with Gasteiger partial charge in [0.25, 0.3) is 0 Å². The smallest absolute Gasteiger partial charge is 0.129 e. The summed E-state index contributed by atoms with van der Waals surface area (Å²) in [5.74, 6) is 0.934. The van der Waals surface area contributed by atoms with Crippen molar-refractivity contribution >= 4 is 28.3 Å². The number of halogens is 1. The van der Waals surface area contributed by atoms with Crippen LogP contribution in [-0.4, -0.2) is 29.3 Å². The number of anilines is 1. The highest BCUT2D eigenvalue weighted by atomic mass is 35.5. The van der Waals surface area contributed by atoms with Gasteiger partial charge in [0.15, 0.2) is 0 Å². The molecule has 1 unspecified atom stereocenters. The number of piperidine rings is 1. The molecule has 0 amide bonds. The van der Waals surface area contributed by atoms with Gasteiger partial charge in [-0.25, -0.2) is 4.98 Å². The van der Waals surface area contributed by atoms with E-state index in [1.54, 1.807) is 0 Å². The number of nitrogens with zero attached hydrogens (tertiary/aromatic N) is 2. The van der Waals surface area contributed by atoms with Gasteiger partial charge in [0.2, 0.25) is 0 Å². The van der Waals surface area contributed by atoms with Crippen molar-refractivity contribution in [2.45, 2.75) is 18.9 Å². The summed E-state index contributed by atoms with van der Waals surface area (Å²) in [5, 5.41) is 11.5. The second-order valence-electron chi connectivity index (χ2n) is 4.75. The summed E-state index contributed by atoms with van der Waals surface area (Å²) in [6.07, 6.45) is 1.67. The van der Waals surface area contributed by atoms with Crippen LogP contribution in [0.5, 0.6) is 0 Å². The molecule has 2 aromatic rings. The van der Waals surface area contributed by atoms with Crippen molar-refractivity contribution in [1.29, 1.82) is 0 Å². The lowest BCUT2D eigenvalue weighted by Crippen LogP contribution is -2.38. The van der Waals surface area contributed by atoms with Crippen LogP contribution in [0, 0.1) is 0 Å². The van der Waals surface area contributed by atoms with Crippen LogP contribution < -0.4 is 4.90 Å². The molecule has 18 heavy (non-hydrogen) atoms. The molecule has 3 rings (SSSR count). The fourth-order valence-corrected chi connectivity index (χ4v) is 2.61. The Hall–Kier alpha value is -1.32. The molecule has 0 aliphatic carbocycles. The van der Waals surface area contributed by atoms with Crippen LogP contribution in [-0.2, 0) is 0 Å². The lowest BCUT2D eigenvalue weighted by Gasteiger charge is -2.31. The molecule has 4 heteroatoms. The number of rotatable bonds is 1. The first-order chi connectivity index (χ1) is 8.72. The molecule has 1 aliphatic heterocycles. The molecule has 0 spiro atoms. The second-order valence-corrected chi connectivity index (χ2v) is 5.18. The van der Waals surface area contributed by atoms with E-state index in [2.05, 4.69) is 9.88 Å². The van der Waals surface area contributed by atoms with E-state index in [1.807, 2.05) is 30.3 Å². The first-order valence-electron chi connectivity index (χ1n) is 6.22. The van der Waals surface area contributed by atoms with E-state index in [1.165, 1.54) is 0 Å². The highest BCUT2D eigenvalue weighted by Gasteiger charge is 2.18. The number of benzene rings is 1. The zero-order valence-corrected chi connectivity index (χ0v) is 10.8. The van der Waals surface area contributed by atoms with Gasteiger partial charge in [-0.3, -0.25) is 0 Å². The molecular formula is C14H15ClN2O. The molecule has 94 valence electrons. The van der Waals surface area contributed by atoms with Gasteiger partial charge in [0.05, 0.1) is 11.6 Å². The Morgan fingerprint density at radius 3 is 3.00 bits per heavy atom. The second kappa shape index (κ2) is 4.75. The summed E-state index contributed by atoms with van der Waals surface area (Å²) < 4.78 is 0. The van der Waals surface area contributed by atoms with E-state index in [9.17, 15) is 5.11 Å². The van der Waals surface area contributed by atoms with Gasteiger partial charge in [0, 0.05) is 23.5 Å². The van der Waals surface area contributed by atoms with Crippen LogP contribution in [0.1, 0.15) is 12.8 Å². The molecule has 1 aliphatic rings. The van der Waals surface area contributed by atoms with Gasteiger partial charge in [0.1, 0.15) is 5.82 Å². The predicted molar refractivity (Wildman–Crippen MR) is 74.2 cm³/mol. The zero-order valence-electron chi connectivity index (χ0n) is 10.0. The molecule has 3 nitrogen and oxygen atoms in total. The lowest BCUT2D eigenvalue weighted by atomic mass is 10.1. The van der Waals surface area contributed by atoms with Crippen LogP contribution in [0.15, 0.2) is 30.3 Å². The van der Waals surface area contributed by atoms with Gasteiger partial charge in [-0.15, -0.1) is 0 Å². The number of hydrogen-bond donors (Lipinski definition) is 1. The third kappa shape index (κ3) is 2.28. The van der Waals surface area contributed by atoms with Gasteiger partial charge >= 0.3 is 0 Å². The number of aliphatic hydroxyl groups is 1. The molecule has 0 radical (unpaired) electrons. The Balaban J connectivity index is 1.95. The van der Waals surface area contributed by atoms with E-state index in [0.29, 0.717) is 6.54 Å². The first-order valence-corrected chi connectivity index (χ1v) is 6.59. The molecule has 1 N–H and O–H groups in total. The molecule has 0 saturated carbocycles. The SMILES string of the molecule is OC1CCCN(c2ccc3cc(Cl)ccc3n2)C1. The van der Waals surface area contributed by atoms with Crippen molar-refractivity contribution in [2.24, 2.45) is 0 Å². The molecule has 1 saturated heterocycles. The largest absolute Gasteiger partial charge is 0.391 e. The van der Waals surface area contributed by atoms with Gasteiger partial charge < -0.3 is 10.0 Å². The summed E-state index contributed by atoms with van der Waals surface area (Å²) in [7, 11) is 0. The normalized spacial score (nSPS) is 20.3. The van der Waals surface area contributed by atoms with Gasteiger partial charge in [-0.1, -0.05) is 11.6 Å². The standard InChI is InChI=1S/C14H15ClN2O/c15-11-4-5-13-10(8-11)3-6-14(16-13)17-7-1-2-12(18)9-17/h3-6,8,12,18H,1-2,7,9H2. The number of hydrogen-bond acceptors (Lipinski definition) is 3. The fourth-order valence-electron chi connectivity index (χ4n) is 2.42. The third-order valence-electron chi connectivity index (χ3n) is 3.36. The van der Waals surface area contributed by atoms with Gasteiger partial charge in [-0.2, -0.15) is 0 Å². The molecule has 1 atom stereocenters. The summed E-state index contributed by atoms with van der Waals surface area (Å²) in [4.78, 5) is 6.77. The maximum Gasteiger partial charge on any atom is 0.129 e. The van der Waals surface area contributed by atoms with Crippen LogP contribution in [0.2, 0.25) is 5.02 Å². The Labute approximate surface area is 111 Å². The summed E-state index contributed by atoms with van der Waals surface area (Å²) in [6.45, 7) is 1.63. The van der Waals surface area contributed by atoms with E-state index in [4.69, 9.17) is 11.6 Å². The van der Waals surface area contributed by atoms with E-state index in [0.717, 1.165) is 41.1 Å². The highest BCUT2D eigenvalue weighted by Crippen LogP contribution is 2.23. The Bertz CT molecular complexity index is 573. The number of aromatic nitrogens is 1. The topological polar surface area (TPSA) is 36.4 Å². The summed E-state index contributed by atoms with van der Waals surface area (Å²) in [6, 6.07) is 9.73. The third-order valence-corrected chi connectivity index (χ3v) is 3.59. The number of fused-ring (bicyclic) bond motifs is 1. The van der Waals surface area contributed by atoms with Crippen molar-refractivity contribution in [2.75, 3.05) is 18.0 Å².